The van der Waals surface area contributed by atoms with E-state index in [1.54, 1.807) is 0 Å². The third-order valence-corrected chi connectivity index (χ3v) is 4.03. The van der Waals surface area contributed by atoms with Crippen LogP contribution in [0.5, 0.6) is 0 Å². The van der Waals surface area contributed by atoms with Crippen molar-refractivity contribution in [1.82, 2.24) is 5.16 Å². The van der Waals surface area contributed by atoms with E-state index < -0.39 is 0 Å². The van der Waals surface area contributed by atoms with E-state index in [-0.39, 0.29) is 5.63 Å². The highest BCUT2D eigenvalue weighted by atomic mass is 16.5. The van der Waals surface area contributed by atoms with Crippen LogP contribution in [0.2, 0.25) is 0 Å². The number of nitrogens with zero attached hydrogens (tertiary/aromatic N) is 1. The van der Waals surface area contributed by atoms with Gasteiger partial charge in [0, 0.05) is 6.54 Å². The quantitative estimate of drug-likeness (QED) is 0.436. The Balaban J connectivity index is 2.27. The van der Waals surface area contributed by atoms with Gasteiger partial charge in [-0.15, -0.1) is 0 Å². The lowest BCUT2D eigenvalue weighted by atomic mass is 10.0. The molecule has 0 atom stereocenters. The van der Waals surface area contributed by atoms with E-state index in [0.29, 0.717) is 12.1 Å². The van der Waals surface area contributed by atoms with Gasteiger partial charge in [-0.05, 0) is 26.7 Å². The monoisotopic (exact) mass is 308 g/mol. The van der Waals surface area contributed by atoms with Crippen molar-refractivity contribution < 1.29 is 4.52 Å². The van der Waals surface area contributed by atoms with E-state index in [9.17, 15) is 4.79 Å². The van der Waals surface area contributed by atoms with Crippen molar-refractivity contribution >= 4 is 5.71 Å². The zero-order valence-electron chi connectivity index (χ0n) is 14.5. The van der Waals surface area contributed by atoms with Crippen LogP contribution >= 0.6 is 0 Å². The van der Waals surface area contributed by atoms with Gasteiger partial charge in [0.05, 0.1) is 11.4 Å². The number of nitrogens with one attached hydrogen (secondary N) is 1. The molecule has 0 spiro atoms. The fourth-order valence-electron chi connectivity index (χ4n) is 2.79. The van der Waals surface area contributed by atoms with Gasteiger partial charge >= 0.3 is 5.63 Å². The molecule has 1 heterocycles. The van der Waals surface area contributed by atoms with Crippen LogP contribution in [-0.4, -0.2) is 17.4 Å². The molecular weight excluding hydrogens is 276 g/mol. The molecule has 4 heteroatoms. The molecule has 0 aliphatic carbocycles. The third kappa shape index (κ3) is 6.63. The third-order valence-electron chi connectivity index (χ3n) is 4.03. The molecule has 0 unspecified atom stereocenters. The van der Waals surface area contributed by atoms with E-state index >= 15 is 0 Å². The van der Waals surface area contributed by atoms with E-state index in [0.717, 1.165) is 24.2 Å². The Bertz CT molecular complexity index is 486. The average Bonchev–Trinajstić information content (AvgIpc) is 2.83. The Labute approximate surface area is 134 Å². The summed E-state index contributed by atoms with van der Waals surface area (Å²) in [6.07, 6.45) is 12.6. The van der Waals surface area contributed by atoms with Crippen LogP contribution in [0.1, 0.15) is 89.3 Å². The molecule has 0 aliphatic heterocycles. The number of aromatic amines is 1. The van der Waals surface area contributed by atoms with Crippen molar-refractivity contribution in [2.24, 2.45) is 4.99 Å². The summed E-state index contributed by atoms with van der Waals surface area (Å²) in [5, 5.41) is 2.64. The van der Waals surface area contributed by atoms with Gasteiger partial charge in [-0.25, -0.2) is 9.95 Å². The molecule has 22 heavy (non-hydrogen) atoms. The van der Waals surface area contributed by atoms with Crippen LogP contribution in [0.3, 0.4) is 0 Å². The summed E-state index contributed by atoms with van der Waals surface area (Å²) in [5.41, 5.74) is 2.04. The summed E-state index contributed by atoms with van der Waals surface area (Å²) in [7, 11) is 0. The smallest absolute Gasteiger partial charge is 0.338 e. The highest BCUT2D eigenvalue weighted by molar-refractivity contribution is 6.01. The van der Waals surface area contributed by atoms with Crippen molar-refractivity contribution in [3.63, 3.8) is 0 Å². The zero-order valence-corrected chi connectivity index (χ0v) is 14.5. The predicted octanol–water partition coefficient (Wildman–Crippen LogP) is 5.01. The molecule has 126 valence electrons. The van der Waals surface area contributed by atoms with Crippen LogP contribution in [0, 0.1) is 6.92 Å². The molecule has 4 nitrogen and oxygen atoms in total. The maximum absolute atomic E-state index is 11.7. The molecule has 0 aliphatic rings. The summed E-state index contributed by atoms with van der Waals surface area (Å²) in [5.74, 6) is 0. The number of aryl methyl sites for hydroxylation is 1. The molecule has 0 aromatic carbocycles. The Hall–Kier alpha value is -1.32. The lowest BCUT2D eigenvalue weighted by molar-refractivity contribution is 0.387. The molecule has 0 saturated heterocycles. The summed E-state index contributed by atoms with van der Waals surface area (Å²) >= 11 is 0. The molecule has 1 N–H and O–H groups in total. The molecular formula is C18H32N2O2. The first-order valence-corrected chi connectivity index (χ1v) is 8.92. The van der Waals surface area contributed by atoms with Gasteiger partial charge in [0.1, 0.15) is 5.56 Å². The topological polar surface area (TPSA) is 58.4 Å². The number of rotatable bonds is 12. The molecule has 0 bridgehead atoms. The van der Waals surface area contributed by atoms with E-state index in [4.69, 9.17) is 4.52 Å². The molecule has 1 aromatic rings. The summed E-state index contributed by atoms with van der Waals surface area (Å²) in [6, 6.07) is 0. The van der Waals surface area contributed by atoms with Crippen LogP contribution in [0.15, 0.2) is 14.3 Å². The van der Waals surface area contributed by atoms with Gasteiger partial charge in [-0.2, -0.15) is 0 Å². The maximum Gasteiger partial charge on any atom is 0.366 e. The predicted molar refractivity (Wildman–Crippen MR) is 93.0 cm³/mol. The Morgan fingerprint density at radius 1 is 1.00 bits per heavy atom. The van der Waals surface area contributed by atoms with E-state index in [2.05, 4.69) is 17.1 Å². The Morgan fingerprint density at radius 2 is 1.59 bits per heavy atom. The van der Waals surface area contributed by atoms with Gasteiger partial charge < -0.3 is 4.52 Å². The number of aliphatic imine (C=N–C) groups is 1. The molecule has 1 rings (SSSR count). The first-order chi connectivity index (χ1) is 10.7. The lowest BCUT2D eigenvalue weighted by Crippen LogP contribution is -2.13. The normalized spacial score (nSPS) is 12.0. The standard InChI is InChI=1S/C18H32N2O2/c1-4-6-7-8-9-10-11-12-13-14-16(19-5-2)17-15(3)20-22-18(17)21/h20H,4-14H2,1-3H3. The Kier molecular flexibility index (Phi) is 9.60. The van der Waals surface area contributed by atoms with Crippen molar-refractivity contribution in [3.05, 3.63) is 21.7 Å². The van der Waals surface area contributed by atoms with Gasteiger partial charge in [0.25, 0.3) is 0 Å². The van der Waals surface area contributed by atoms with Crippen molar-refractivity contribution in [1.29, 1.82) is 0 Å². The van der Waals surface area contributed by atoms with Crippen LogP contribution < -0.4 is 5.63 Å². The van der Waals surface area contributed by atoms with Crippen LogP contribution in [0.25, 0.3) is 0 Å². The number of hydrogen-bond acceptors (Lipinski definition) is 3. The van der Waals surface area contributed by atoms with Crippen molar-refractivity contribution in [2.75, 3.05) is 6.54 Å². The largest absolute Gasteiger partial charge is 0.366 e. The first-order valence-electron chi connectivity index (χ1n) is 8.92. The van der Waals surface area contributed by atoms with E-state index in [1.165, 1.54) is 51.4 Å². The highest BCUT2D eigenvalue weighted by Crippen LogP contribution is 2.13. The fraction of sp³-hybridized carbons (Fsp3) is 0.778. The van der Waals surface area contributed by atoms with Crippen molar-refractivity contribution in [3.8, 4) is 0 Å². The van der Waals surface area contributed by atoms with Gasteiger partial charge in [-0.3, -0.25) is 4.99 Å². The highest BCUT2D eigenvalue weighted by Gasteiger charge is 2.14. The molecule has 0 fully saturated rings. The number of aromatic nitrogens is 1. The molecule has 1 aromatic heterocycles. The number of H-pyrrole nitrogens is 1. The van der Waals surface area contributed by atoms with Crippen LogP contribution in [-0.2, 0) is 0 Å². The first kappa shape index (κ1) is 18.7. The summed E-state index contributed by atoms with van der Waals surface area (Å²) < 4.78 is 4.85. The second kappa shape index (κ2) is 11.3. The second-order valence-corrected chi connectivity index (χ2v) is 5.99. The van der Waals surface area contributed by atoms with E-state index in [1.807, 2.05) is 13.8 Å². The fourth-order valence-corrected chi connectivity index (χ4v) is 2.79. The number of hydrogen-bond donors (Lipinski definition) is 1. The minimum atomic E-state index is -0.291. The van der Waals surface area contributed by atoms with Crippen molar-refractivity contribution in [2.45, 2.75) is 85.0 Å². The van der Waals surface area contributed by atoms with Gasteiger partial charge in [0.2, 0.25) is 0 Å². The second-order valence-electron chi connectivity index (χ2n) is 5.99. The molecule has 0 radical (unpaired) electrons. The Morgan fingerprint density at radius 3 is 2.09 bits per heavy atom. The molecule has 0 amide bonds. The minimum Gasteiger partial charge on any atom is -0.338 e. The molecule has 0 saturated carbocycles. The maximum atomic E-state index is 11.7. The lowest BCUT2D eigenvalue weighted by Gasteiger charge is -2.05. The zero-order chi connectivity index (χ0) is 16.2. The van der Waals surface area contributed by atoms with Crippen LogP contribution in [0.4, 0.5) is 0 Å². The summed E-state index contributed by atoms with van der Waals surface area (Å²) in [4.78, 5) is 16.2. The average molecular weight is 308 g/mol. The minimum absolute atomic E-state index is 0.291. The number of unbranched alkanes of at least 4 members (excludes halogenated alkanes) is 8. The van der Waals surface area contributed by atoms with Gasteiger partial charge in [-0.1, -0.05) is 58.3 Å². The SMILES string of the molecule is CCCCCCCCCCCC(=NCC)c1c(C)[nH]oc1=O. The van der Waals surface area contributed by atoms with Gasteiger partial charge in [0.15, 0.2) is 0 Å². The summed E-state index contributed by atoms with van der Waals surface area (Å²) in [6.45, 7) is 6.82.